The summed E-state index contributed by atoms with van der Waals surface area (Å²) in [6.45, 7) is 29.0. The average Bonchev–Trinajstić information content (AvgIpc) is 1.85. The summed E-state index contributed by atoms with van der Waals surface area (Å²) < 4.78 is 21.2. The van der Waals surface area contributed by atoms with Gasteiger partial charge < -0.3 is 35.7 Å². The monoisotopic (exact) mass is 1210 g/mol. The summed E-state index contributed by atoms with van der Waals surface area (Å²) in [6, 6.07) is 24.1. The second kappa shape index (κ2) is 25.8. The quantitative estimate of drug-likeness (QED) is 0.0628. The first kappa shape index (κ1) is 63.4. The molecule has 0 saturated heterocycles. The third-order valence-electron chi connectivity index (χ3n) is 11.8. The van der Waals surface area contributed by atoms with Crippen LogP contribution in [0, 0.1) is 41.5 Å². The van der Waals surface area contributed by atoms with Crippen LogP contribution in [0.5, 0.6) is 0 Å². The number of nitrogens with two attached hydrogens (primary N) is 2. The molecule has 0 aliphatic carbocycles. The van der Waals surface area contributed by atoms with Crippen molar-refractivity contribution in [3.8, 4) is 0 Å². The van der Waals surface area contributed by atoms with E-state index in [1.54, 1.807) is 101 Å². The highest BCUT2D eigenvalue weighted by Gasteiger charge is 2.28. The number of carbonyl (C=O) groups excluding carboxylic acids is 5. The fourth-order valence-corrected chi connectivity index (χ4v) is 12.5. The number of fused-ring (bicyclic) bond motifs is 9. The zero-order valence-electron chi connectivity index (χ0n) is 49.5. The summed E-state index contributed by atoms with van der Waals surface area (Å²) in [5, 5.41) is 10.0. The molecule has 1 amide bonds. The van der Waals surface area contributed by atoms with Gasteiger partial charge in [0.15, 0.2) is 5.82 Å². The van der Waals surface area contributed by atoms with Crippen molar-refractivity contribution in [3.05, 3.63) is 145 Å². The summed E-state index contributed by atoms with van der Waals surface area (Å²) in [5.74, 6) is 1.52. The third-order valence-corrected chi connectivity index (χ3v) is 15.4. The molecule has 19 nitrogen and oxygen atoms in total. The van der Waals surface area contributed by atoms with Crippen LogP contribution in [0.25, 0.3) is 40.9 Å². The number of nitrogens with one attached hydrogen (secondary N) is 1. The van der Waals surface area contributed by atoms with E-state index in [4.69, 9.17) is 37.3 Å². The van der Waals surface area contributed by atoms with E-state index in [0.717, 1.165) is 57.0 Å². The number of rotatable bonds is 2. The molecule has 440 valence electrons. The van der Waals surface area contributed by atoms with Crippen molar-refractivity contribution in [1.82, 2.24) is 30.0 Å². The number of pyridine rings is 3. The van der Waals surface area contributed by atoms with E-state index in [9.17, 15) is 24.0 Å². The third kappa shape index (κ3) is 15.9. The highest BCUT2D eigenvalue weighted by molar-refractivity contribution is 7.26. The number of benzene rings is 2. The topological polar surface area (TPSA) is 268 Å². The van der Waals surface area contributed by atoms with Gasteiger partial charge in [-0.05, 0) is 162 Å². The number of amidine groups is 2. The standard InChI is InChI=1S/C18H15N3OS.C15H18N4O2S.C11H11N3S.C10H18O5.C7H5ClO/c1-10-8-11(2)20-18-14(10)13-9-19-16(15(13)23-18)21-17(22)12-6-4-3-5-7-12;1-7-6-8(2)17-13-9(7)10-11(22-13)12(16)18-19(10)14(20)21-15(3,4)5;1-5-3-6(2)14-11-8(5)7-4-13-10(12)9(7)15-11;1-9(2,3)14-7(11)13-8(12)15-10(4,5)6;8-7(9)6-4-2-1-3-5-6/h3-8H,9H2,1-2H3,(H,19,21,22);6H,1-5H3,(H2,16,18);3H,4H2,1-2H3,(H2,12,13);1-6H3;1-5H. The molecule has 0 atom stereocenters. The summed E-state index contributed by atoms with van der Waals surface area (Å²) in [5.41, 5.74) is 20.7. The zero-order chi connectivity index (χ0) is 61.7. The Kier molecular flexibility index (Phi) is 19.4. The fraction of sp³-hybridized carbons (Fsp3) is 0.328. The fourth-order valence-electron chi connectivity index (χ4n) is 8.68. The van der Waals surface area contributed by atoms with Gasteiger partial charge in [0.1, 0.15) is 48.5 Å². The molecule has 5 N–H and O–H groups in total. The van der Waals surface area contributed by atoms with Gasteiger partial charge in [-0.15, -0.1) is 39.1 Å². The minimum atomic E-state index is -1.06. The zero-order valence-corrected chi connectivity index (χ0v) is 52.7. The number of halogens is 1. The minimum absolute atomic E-state index is 0.129. The van der Waals surface area contributed by atoms with E-state index >= 15 is 0 Å². The number of aromatic nitrogens is 5. The molecule has 0 saturated carbocycles. The van der Waals surface area contributed by atoms with E-state index in [1.807, 2.05) is 78.8 Å². The Balaban J connectivity index is 0.000000156. The van der Waals surface area contributed by atoms with E-state index in [2.05, 4.69) is 66.1 Å². The lowest BCUT2D eigenvalue weighted by atomic mass is 10.1. The number of anilines is 1. The van der Waals surface area contributed by atoms with E-state index in [1.165, 1.54) is 49.0 Å². The summed E-state index contributed by atoms with van der Waals surface area (Å²) in [7, 11) is 0. The average molecular weight is 1220 g/mol. The van der Waals surface area contributed by atoms with Gasteiger partial charge in [-0.3, -0.25) is 19.6 Å². The second-order valence-corrected chi connectivity index (χ2v) is 25.9. The number of nitrogen functional groups attached to an aromatic ring is 1. The molecule has 84 heavy (non-hydrogen) atoms. The Morgan fingerprint density at radius 1 is 0.571 bits per heavy atom. The largest absolute Gasteiger partial charge is 0.519 e. The SMILES string of the molecule is CC(C)(C)OC(=O)OC(=O)OC(C)(C)C.Cc1cc(C)c2c(n1)sc1c(N)nn(C(=O)OC(C)(C)C)c12.Cc1cc(C)c2c3c(sc2n1)C(N)=NC3.Cc1cc(C)c2c3c(sc2n1)C(NC(=O)c1ccccc1)=NC3.O=C(Cl)c1ccccc1. The van der Waals surface area contributed by atoms with Crippen molar-refractivity contribution in [2.24, 2.45) is 15.7 Å². The molecule has 0 fully saturated rings. The van der Waals surface area contributed by atoms with Gasteiger partial charge in [0.05, 0.1) is 27.5 Å². The van der Waals surface area contributed by atoms with Crippen molar-refractivity contribution in [1.29, 1.82) is 0 Å². The predicted octanol–water partition coefficient (Wildman–Crippen LogP) is 14.3. The maximum atomic E-state index is 12.4. The molecule has 2 aliphatic rings. The number of nitrogens with zero attached hydrogens (tertiary/aromatic N) is 7. The van der Waals surface area contributed by atoms with Crippen LogP contribution >= 0.6 is 45.6 Å². The molecule has 2 aromatic carbocycles. The van der Waals surface area contributed by atoms with Gasteiger partial charge >= 0.3 is 18.4 Å². The lowest BCUT2D eigenvalue weighted by molar-refractivity contribution is -0.0294. The van der Waals surface area contributed by atoms with E-state index < -0.39 is 40.4 Å². The van der Waals surface area contributed by atoms with Crippen molar-refractivity contribution < 1.29 is 42.9 Å². The highest BCUT2D eigenvalue weighted by atomic mass is 35.5. The Labute approximate surface area is 503 Å². The van der Waals surface area contributed by atoms with Crippen LogP contribution in [-0.2, 0) is 32.0 Å². The van der Waals surface area contributed by atoms with Crippen molar-refractivity contribution >= 4 is 134 Å². The van der Waals surface area contributed by atoms with Gasteiger partial charge in [0.25, 0.3) is 11.1 Å². The molecule has 9 heterocycles. The highest BCUT2D eigenvalue weighted by Crippen LogP contribution is 2.40. The smallest absolute Gasteiger partial charge is 0.442 e. The number of aryl methyl sites for hydroxylation is 6. The van der Waals surface area contributed by atoms with Crippen LogP contribution in [0.15, 0.2) is 88.8 Å². The minimum Gasteiger partial charge on any atom is -0.442 e. The summed E-state index contributed by atoms with van der Waals surface area (Å²) >= 11 is 9.87. The van der Waals surface area contributed by atoms with Gasteiger partial charge in [-0.2, -0.15) is 4.68 Å². The Bertz CT molecular complexity index is 4030. The second-order valence-electron chi connectivity index (χ2n) is 22.5. The molecule has 0 bridgehead atoms. The van der Waals surface area contributed by atoms with Crippen LogP contribution < -0.4 is 16.8 Å². The maximum Gasteiger partial charge on any atom is 0.519 e. The molecule has 7 aromatic heterocycles. The number of hydrogen-bond donors (Lipinski definition) is 3. The molecule has 11 rings (SSSR count). The number of carbonyl (C=O) groups is 5. The molecule has 2 aliphatic heterocycles. The Morgan fingerprint density at radius 2 is 1.00 bits per heavy atom. The molecule has 9 aromatic rings. The molecular formula is C61H67ClN10O9S3. The number of aliphatic imine (C=N–C) groups is 2. The van der Waals surface area contributed by atoms with E-state index in [0.29, 0.717) is 47.2 Å². The number of hydrogen-bond acceptors (Lipinski definition) is 20. The van der Waals surface area contributed by atoms with Crippen molar-refractivity contribution in [3.63, 3.8) is 0 Å². The van der Waals surface area contributed by atoms with Crippen LogP contribution in [-0.4, -0.2) is 82.8 Å². The van der Waals surface area contributed by atoms with Gasteiger partial charge in [-0.25, -0.2) is 29.3 Å². The van der Waals surface area contributed by atoms with Crippen LogP contribution in [0.4, 0.5) is 20.2 Å². The molecule has 0 radical (unpaired) electrons. The van der Waals surface area contributed by atoms with Crippen molar-refractivity contribution in [2.45, 2.75) is 134 Å². The van der Waals surface area contributed by atoms with Gasteiger partial charge in [-0.1, -0.05) is 48.5 Å². The lowest BCUT2D eigenvalue weighted by Crippen LogP contribution is -2.29. The first-order chi connectivity index (χ1) is 39.3. The molecule has 23 heteroatoms. The first-order valence-electron chi connectivity index (χ1n) is 26.4. The Morgan fingerprint density at radius 3 is 1.46 bits per heavy atom. The molecule has 0 unspecified atom stereocenters. The predicted molar refractivity (Wildman–Crippen MR) is 335 cm³/mol. The normalized spacial score (nSPS) is 12.4. The van der Waals surface area contributed by atoms with E-state index in [-0.39, 0.29) is 5.91 Å². The maximum absolute atomic E-state index is 12.4. The van der Waals surface area contributed by atoms with Crippen molar-refractivity contribution in [2.75, 3.05) is 5.73 Å². The van der Waals surface area contributed by atoms with Gasteiger partial charge in [0.2, 0.25) is 0 Å². The lowest BCUT2D eigenvalue weighted by Gasteiger charge is -2.20. The molecule has 0 spiro atoms. The molecular weight excluding hydrogens is 1150 g/mol. The van der Waals surface area contributed by atoms with Crippen LogP contribution in [0.1, 0.15) is 138 Å². The van der Waals surface area contributed by atoms with Crippen LogP contribution in [0.3, 0.4) is 0 Å². The number of thiophene rings is 3. The van der Waals surface area contributed by atoms with Gasteiger partial charge in [0, 0.05) is 55.5 Å². The number of ether oxygens (including phenoxy) is 4. The number of amides is 1. The Hall–Kier alpha value is -8.18. The summed E-state index contributed by atoms with van der Waals surface area (Å²) in [4.78, 5) is 84.8. The first-order valence-corrected chi connectivity index (χ1v) is 29.3. The summed E-state index contributed by atoms with van der Waals surface area (Å²) in [6.07, 6.45) is -2.65. The van der Waals surface area contributed by atoms with Crippen LogP contribution in [0.2, 0.25) is 0 Å².